The van der Waals surface area contributed by atoms with Gasteiger partial charge in [-0.3, -0.25) is 18.1 Å². The molecule has 0 atom stereocenters. The average molecular weight is 696 g/mol. The van der Waals surface area contributed by atoms with Crippen molar-refractivity contribution >= 4 is 26.5 Å². The number of rotatable bonds is 22. The molecule has 0 radical (unpaired) electrons. The number of nitrogens with zero attached hydrogens (tertiary/aromatic N) is 1. The summed E-state index contributed by atoms with van der Waals surface area (Å²) in [6.45, 7) is 8.97. The number of pyridine rings is 1. The van der Waals surface area contributed by atoms with Crippen molar-refractivity contribution in [2.45, 2.75) is 79.1 Å². The summed E-state index contributed by atoms with van der Waals surface area (Å²) in [5.41, 5.74) is 1.43. The zero-order chi connectivity index (χ0) is 33.7. The summed E-state index contributed by atoms with van der Waals surface area (Å²) in [6.07, 6.45) is 6.18. The Hall–Kier alpha value is -2.85. The molecule has 0 saturated heterocycles. The van der Waals surface area contributed by atoms with Gasteiger partial charge in [-0.15, -0.1) is 0 Å². The Labute approximate surface area is 277 Å². The fourth-order valence-corrected chi connectivity index (χ4v) is 6.94. The molecule has 0 unspecified atom stereocenters. The highest BCUT2D eigenvalue weighted by atomic mass is 31.2. The molecule has 2 heterocycles. The minimum Gasteiger partial charge on any atom is -0.497 e. The largest absolute Gasteiger partial charge is 0.530 e. The first-order valence-corrected chi connectivity index (χ1v) is 19.3. The van der Waals surface area contributed by atoms with Crippen LogP contribution in [0.1, 0.15) is 79.1 Å². The van der Waals surface area contributed by atoms with Crippen molar-refractivity contribution in [2.75, 3.05) is 40.3 Å². The van der Waals surface area contributed by atoms with Crippen LogP contribution in [0, 0.1) is 0 Å². The first-order valence-electron chi connectivity index (χ1n) is 16.4. The maximum absolute atomic E-state index is 13.9. The van der Waals surface area contributed by atoms with Crippen molar-refractivity contribution in [1.29, 1.82) is 0 Å². The second kappa shape index (κ2) is 18.1. The van der Waals surface area contributed by atoms with Gasteiger partial charge in [0.1, 0.15) is 17.2 Å². The fraction of sp³-hybridized carbons (Fsp3) is 0.545. The SMILES string of the molecule is CCCCOP(=O)(OCCCC)Oc1cc(OC)cc(-c2cc(OP(=O)(OCCCC)OCCCC)c3cc4c(cc3n2)OCO4)c1. The van der Waals surface area contributed by atoms with E-state index in [-0.39, 0.29) is 44.7 Å². The summed E-state index contributed by atoms with van der Waals surface area (Å²) >= 11 is 0. The van der Waals surface area contributed by atoms with Gasteiger partial charge in [0.2, 0.25) is 6.79 Å². The van der Waals surface area contributed by atoms with E-state index in [9.17, 15) is 9.13 Å². The molecule has 1 aliphatic heterocycles. The normalized spacial score (nSPS) is 12.9. The van der Waals surface area contributed by atoms with Crippen LogP contribution in [0.5, 0.6) is 28.7 Å². The average Bonchev–Trinajstić information content (AvgIpc) is 3.51. The van der Waals surface area contributed by atoms with Crippen molar-refractivity contribution in [3.8, 4) is 40.0 Å². The third kappa shape index (κ3) is 10.6. The molecular weight excluding hydrogens is 648 g/mol. The van der Waals surface area contributed by atoms with Gasteiger partial charge < -0.3 is 23.3 Å². The van der Waals surface area contributed by atoms with Crippen LogP contribution in [0.25, 0.3) is 22.2 Å². The van der Waals surface area contributed by atoms with Gasteiger partial charge in [0.05, 0.1) is 44.7 Å². The molecule has 12 nitrogen and oxygen atoms in total. The number of phosphoric ester groups is 2. The topological polar surface area (TPSA) is 130 Å². The van der Waals surface area contributed by atoms with E-state index in [0.29, 0.717) is 65.1 Å². The van der Waals surface area contributed by atoms with E-state index in [0.717, 1.165) is 25.7 Å². The summed E-state index contributed by atoms with van der Waals surface area (Å²) in [7, 11) is -6.48. The highest BCUT2D eigenvalue weighted by Crippen LogP contribution is 2.53. The molecule has 0 saturated carbocycles. The van der Waals surface area contributed by atoms with Gasteiger partial charge in [-0.1, -0.05) is 53.4 Å². The molecule has 0 aliphatic carbocycles. The van der Waals surface area contributed by atoms with Crippen molar-refractivity contribution in [2.24, 2.45) is 0 Å². The van der Waals surface area contributed by atoms with Gasteiger partial charge in [-0.2, -0.15) is 0 Å². The van der Waals surface area contributed by atoms with Gasteiger partial charge in [0, 0.05) is 29.1 Å². The lowest BCUT2D eigenvalue weighted by molar-refractivity contribution is 0.151. The zero-order valence-corrected chi connectivity index (χ0v) is 29.8. The second-order valence-corrected chi connectivity index (χ2v) is 14.1. The van der Waals surface area contributed by atoms with E-state index in [4.69, 9.17) is 46.3 Å². The number of hydrogen-bond donors (Lipinski definition) is 0. The number of hydrogen-bond acceptors (Lipinski definition) is 12. The zero-order valence-electron chi connectivity index (χ0n) is 28.0. The van der Waals surface area contributed by atoms with Crippen LogP contribution >= 0.6 is 15.6 Å². The highest BCUT2D eigenvalue weighted by molar-refractivity contribution is 7.49. The minimum atomic E-state index is -4.04. The van der Waals surface area contributed by atoms with E-state index < -0.39 is 15.6 Å². The third-order valence-corrected chi connectivity index (χ3v) is 9.94. The van der Waals surface area contributed by atoms with Crippen LogP contribution in [0.4, 0.5) is 0 Å². The van der Waals surface area contributed by atoms with Crippen molar-refractivity contribution < 1.29 is 50.5 Å². The third-order valence-electron chi connectivity index (χ3n) is 7.09. The number of benzene rings is 2. The van der Waals surface area contributed by atoms with Gasteiger partial charge in [0.15, 0.2) is 11.5 Å². The number of phosphoric acid groups is 2. The number of unbranched alkanes of at least 4 members (excludes halogenated alkanes) is 4. The second-order valence-electron chi connectivity index (χ2n) is 10.9. The minimum absolute atomic E-state index is 0.0603. The molecule has 3 aromatic rings. The first kappa shape index (κ1) is 37.0. The van der Waals surface area contributed by atoms with Gasteiger partial charge in [0.25, 0.3) is 0 Å². The van der Waals surface area contributed by atoms with Crippen LogP contribution in [0.3, 0.4) is 0 Å². The van der Waals surface area contributed by atoms with Crippen molar-refractivity contribution in [1.82, 2.24) is 4.98 Å². The molecule has 0 fully saturated rings. The highest BCUT2D eigenvalue weighted by Gasteiger charge is 2.32. The lowest BCUT2D eigenvalue weighted by atomic mass is 10.1. The maximum atomic E-state index is 13.9. The molecule has 47 heavy (non-hydrogen) atoms. The summed E-state index contributed by atoms with van der Waals surface area (Å²) in [4.78, 5) is 4.87. The Morgan fingerprint density at radius 1 is 0.660 bits per heavy atom. The Kier molecular flexibility index (Phi) is 14.2. The molecule has 260 valence electrons. The molecule has 0 bridgehead atoms. The van der Waals surface area contributed by atoms with Crippen LogP contribution in [0.2, 0.25) is 0 Å². The quantitative estimate of drug-likeness (QED) is 0.0732. The van der Waals surface area contributed by atoms with E-state index in [1.54, 1.807) is 36.4 Å². The van der Waals surface area contributed by atoms with Crippen molar-refractivity contribution in [3.63, 3.8) is 0 Å². The van der Waals surface area contributed by atoms with Crippen LogP contribution < -0.4 is 23.3 Å². The smallest absolute Gasteiger partial charge is 0.497 e. The van der Waals surface area contributed by atoms with E-state index in [1.165, 1.54) is 7.11 Å². The van der Waals surface area contributed by atoms with Crippen LogP contribution in [0.15, 0.2) is 36.4 Å². The lowest BCUT2D eigenvalue weighted by Crippen LogP contribution is -2.06. The molecule has 2 aromatic carbocycles. The van der Waals surface area contributed by atoms with E-state index in [1.807, 2.05) is 27.7 Å². The Bertz CT molecular complexity index is 1520. The Morgan fingerprint density at radius 2 is 1.17 bits per heavy atom. The molecule has 0 N–H and O–H groups in total. The summed E-state index contributed by atoms with van der Waals surface area (Å²) in [5.74, 6) is 1.84. The molecule has 14 heteroatoms. The van der Waals surface area contributed by atoms with Crippen LogP contribution in [-0.2, 0) is 27.2 Å². The number of fused-ring (bicyclic) bond motifs is 2. The predicted molar refractivity (Wildman–Crippen MR) is 180 cm³/mol. The van der Waals surface area contributed by atoms with E-state index in [2.05, 4.69) is 0 Å². The number of aromatic nitrogens is 1. The number of ether oxygens (including phenoxy) is 3. The molecule has 1 aliphatic rings. The van der Waals surface area contributed by atoms with Gasteiger partial charge in [-0.25, -0.2) is 14.1 Å². The lowest BCUT2D eigenvalue weighted by Gasteiger charge is -2.21. The fourth-order valence-electron chi connectivity index (χ4n) is 4.41. The Balaban J connectivity index is 1.77. The Morgan fingerprint density at radius 3 is 1.70 bits per heavy atom. The predicted octanol–water partition coefficient (Wildman–Crippen LogP) is 9.88. The molecule has 1 aromatic heterocycles. The molecule has 0 amide bonds. The molecule has 4 rings (SSSR count). The van der Waals surface area contributed by atoms with Gasteiger partial charge in [-0.05, 0) is 43.9 Å². The molecule has 0 spiro atoms. The summed E-state index contributed by atoms with van der Waals surface area (Å²) < 4.78 is 79.2. The summed E-state index contributed by atoms with van der Waals surface area (Å²) in [6, 6.07) is 10.1. The summed E-state index contributed by atoms with van der Waals surface area (Å²) in [5, 5.41) is 0.522. The van der Waals surface area contributed by atoms with Crippen molar-refractivity contribution in [3.05, 3.63) is 36.4 Å². The monoisotopic (exact) mass is 695 g/mol. The first-order chi connectivity index (χ1) is 22.7. The van der Waals surface area contributed by atoms with Gasteiger partial charge >= 0.3 is 15.6 Å². The maximum Gasteiger partial charge on any atom is 0.530 e. The number of methoxy groups -OCH3 is 1. The molecular formula is C33H47NO11P2. The standard InChI is InChI=1S/C33H47NO11P2/c1-6-10-14-40-46(35,41-15-11-7-2)44-27-19-25(18-26(20-27)37-5)29-22-31(28-21-32-33(39-24-38-32)23-30(28)34-29)45-47(36,42-16-12-8-3)43-17-13-9-4/h18-23H,6-17,24H2,1-5H3. The van der Waals surface area contributed by atoms with E-state index >= 15 is 0 Å². The van der Waals surface area contributed by atoms with Crippen LogP contribution in [-0.4, -0.2) is 45.3 Å².